The number of carbonyl (C=O) groups excluding carboxylic acids is 2. The molecule has 0 spiro atoms. The van der Waals surface area contributed by atoms with Crippen molar-refractivity contribution in [3.63, 3.8) is 0 Å². The van der Waals surface area contributed by atoms with Crippen LogP contribution < -0.4 is 19.1 Å². The van der Waals surface area contributed by atoms with Crippen LogP contribution in [0.4, 0.5) is 5.69 Å². The summed E-state index contributed by atoms with van der Waals surface area (Å²) in [5.74, 6) is 0.389. The lowest BCUT2D eigenvalue weighted by Gasteiger charge is -2.33. The lowest BCUT2D eigenvalue weighted by atomic mass is 9.95. The minimum absolute atomic E-state index is 0.0519. The topological polar surface area (TPSA) is 105 Å². The Morgan fingerprint density at radius 2 is 1.55 bits per heavy atom. The zero-order valence-electron chi connectivity index (χ0n) is 24.4. The molecule has 10 heteroatoms. The van der Waals surface area contributed by atoms with Crippen LogP contribution in [0.5, 0.6) is 11.5 Å². The number of hydrogen-bond donors (Lipinski definition) is 1. The molecule has 0 heterocycles. The van der Waals surface area contributed by atoms with Crippen LogP contribution in [0, 0.1) is 0 Å². The molecule has 9 nitrogen and oxygen atoms in total. The van der Waals surface area contributed by atoms with Gasteiger partial charge < -0.3 is 19.7 Å². The molecule has 1 atom stereocenters. The van der Waals surface area contributed by atoms with Gasteiger partial charge in [0.2, 0.25) is 11.8 Å². The maximum atomic E-state index is 14.1. The standard InChI is InChI=1S/C32H39N3O6S/c1-24(32(37)33-26-12-6-4-7-13-26)34(22-25-11-10-14-29(21-25)41-3)31(36)23-35(27-17-19-28(40-2)20-18-27)42(38,39)30-15-8-5-9-16-30/h5,8-11,14-21,24,26H,4,6-7,12-13,22-23H2,1-3H3,(H,33,37). The smallest absolute Gasteiger partial charge is 0.264 e. The molecular formula is C32H39N3O6S. The van der Waals surface area contributed by atoms with Gasteiger partial charge in [-0.15, -0.1) is 0 Å². The van der Waals surface area contributed by atoms with E-state index in [-0.39, 0.29) is 23.4 Å². The number of nitrogens with zero attached hydrogens (tertiary/aromatic N) is 2. The van der Waals surface area contributed by atoms with E-state index in [1.807, 2.05) is 12.1 Å². The van der Waals surface area contributed by atoms with Crippen LogP contribution in [0.2, 0.25) is 0 Å². The van der Waals surface area contributed by atoms with E-state index < -0.39 is 28.5 Å². The fourth-order valence-corrected chi connectivity index (χ4v) is 6.55. The molecule has 1 N–H and O–H groups in total. The lowest BCUT2D eigenvalue weighted by molar-refractivity contribution is -0.139. The average Bonchev–Trinajstić information content (AvgIpc) is 3.03. The molecule has 3 aromatic carbocycles. The van der Waals surface area contributed by atoms with Crippen molar-refractivity contribution in [3.05, 3.63) is 84.4 Å². The summed E-state index contributed by atoms with van der Waals surface area (Å²) in [5, 5.41) is 3.11. The molecule has 2 amide bonds. The summed E-state index contributed by atoms with van der Waals surface area (Å²) < 4.78 is 39.4. The van der Waals surface area contributed by atoms with Gasteiger partial charge in [-0.3, -0.25) is 13.9 Å². The number of sulfonamides is 1. The van der Waals surface area contributed by atoms with Gasteiger partial charge in [0.05, 0.1) is 24.8 Å². The minimum Gasteiger partial charge on any atom is -0.497 e. The first-order chi connectivity index (χ1) is 20.2. The highest BCUT2D eigenvalue weighted by Gasteiger charge is 2.33. The maximum absolute atomic E-state index is 14.1. The van der Waals surface area contributed by atoms with Gasteiger partial charge in [-0.05, 0) is 73.9 Å². The van der Waals surface area contributed by atoms with Crippen molar-refractivity contribution >= 4 is 27.5 Å². The van der Waals surface area contributed by atoms with Crippen molar-refractivity contribution in [2.45, 2.75) is 62.6 Å². The van der Waals surface area contributed by atoms with E-state index in [0.29, 0.717) is 17.2 Å². The summed E-state index contributed by atoms with van der Waals surface area (Å²) in [4.78, 5) is 29.0. The van der Waals surface area contributed by atoms with E-state index in [4.69, 9.17) is 9.47 Å². The Labute approximate surface area is 248 Å². The summed E-state index contributed by atoms with van der Waals surface area (Å²) in [6.07, 6.45) is 5.07. The molecular weight excluding hydrogens is 554 g/mol. The third kappa shape index (κ3) is 7.61. The highest BCUT2D eigenvalue weighted by molar-refractivity contribution is 7.92. The Morgan fingerprint density at radius 3 is 2.19 bits per heavy atom. The number of ether oxygens (including phenoxy) is 2. The number of methoxy groups -OCH3 is 2. The van der Waals surface area contributed by atoms with E-state index in [1.165, 1.54) is 24.1 Å². The molecule has 3 aromatic rings. The van der Waals surface area contributed by atoms with E-state index in [0.717, 1.165) is 42.0 Å². The van der Waals surface area contributed by atoms with E-state index >= 15 is 0 Å². The molecule has 0 aromatic heterocycles. The molecule has 42 heavy (non-hydrogen) atoms. The molecule has 0 aliphatic heterocycles. The fourth-order valence-electron chi connectivity index (χ4n) is 5.12. The molecule has 4 rings (SSSR count). The van der Waals surface area contributed by atoms with E-state index in [2.05, 4.69) is 5.32 Å². The van der Waals surface area contributed by atoms with Crippen LogP contribution in [0.15, 0.2) is 83.8 Å². The first-order valence-electron chi connectivity index (χ1n) is 14.2. The molecule has 1 aliphatic carbocycles. The van der Waals surface area contributed by atoms with Gasteiger partial charge in [0, 0.05) is 12.6 Å². The largest absolute Gasteiger partial charge is 0.497 e. The first-order valence-corrected chi connectivity index (χ1v) is 15.6. The van der Waals surface area contributed by atoms with E-state index in [1.54, 1.807) is 68.6 Å². The third-order valence-electron chi connectivity index (χ3n) is 7.58. The van der Waals surface area contributed by atoms with Crippen LogP contribution in [0.3, 0.4) is 0 Å². The second-order valence-electron chi connectivity index (χ2n) is 10.4. The summed E-state index contributed by atoms with van der Waals surface area (Å²) >= 11 is 0. The first kappa shape index (κ1) is 30.9. The molecule has 0 radical (unpaired) electrons. The summed E-state index contributed by atoms with van der Waals surface area (Å²) in [7, 11) is -1.05. The zero-order valence-corrected chi connectivity index (χ0v) is 25.2. The molecule has 0 saturated heterocycles. The summed E-state index contributed by atoms with van der Waals surface area (Å²) in [6, 6.07) is 20.9. The van der Waals surface area contributed by atoms with Gasteiger partial charge >= 0.3 is 0 Å². The zero-order chi connectivity index (χ0) is 30.1. The number of anilines is 1. The molecule has 1 fully saturated rings. The molecule has 1 saturated carbocycles. The number of carbonyl (C=O) groups is 2. The lowest BCUT2D eigenvalue weighted by Crippen LogP contribution is -2.53. The number of nitrogens with one attached hydrogen (secondary N) is 1. The number of rotatable bonds is 12. The highest BCUT2D eigenvalue weighted by Crippen LogP contribution is 2.27. The maximum Gasteiger partial charge on any atom is 0.264 e. The monoisotopic (exact) mass is 593 g/mol. The van der Waals surface area contributed by atoms with Crippen LogP contribution in [0.25, 0.3) is 0 Å². The number of amides is 2. The predicted octanol–water partition coefficient (Wildman–Crippen LogP) is 4.77. The number of benzene rings is 3. The Hall–Kier alpha value is -4.05. The average molecular weight is 594 g/mol. The third-order valence-corrected chi connectivity index (χ3v) is 9.36. The summed E-state index contributed by atoms with van der Waals surface area (Å²) in [5.41, 5.74) is 1.05. The molecule has 1 unspecified atom stereocenters. The minimum atomic E-state index is -4.13. The molecule has 1 aliphatic rings. The van der Waals surface area contributed by atoms with Crippen LogP contribution in [-0.2, 0) is 26.2 Å². The van der Waals surface area contributed by atoms with Gasteiger partial charge in [-0.25, -0.2) is 8.42 Å². The van der Waals surface area contributed by atoms with Crippen molar-refractivity contribution in [1.29, 1.82) is 0 Å². The van der Waals surface area contributed by atoms with Gasteiger partial charge in [-0.1, -0.05) is 49.6 Å². The Morgan fingerprint density at radius 1 is 0.881 bits per heavy atom. The van der Waals surface area contributed by atoms with Gasteiger partial charge in [-0.2, -0.15) is 0 Å². The van der Waals surface area contributed by atoms with Crippen LogP contribution in [-0.4, -0.2) is 58.0 Å². The second kappa shape index (κ2) is 14.2. The van der Waals surface area contributed by atoms with Crippen molar-refractivity contribution in [2.75, 3.05) is 25.1 Å². The molecule has 224 valence electrons. The molecule has 0 bridgehead atoms. The fraction of sp³-hybridized carbons (Fsp3) is 0.375. The summed E-state index contributed by atoms with van der Waals surface area (Å²) in [6.45, 7) is 1.27. The quantitative estimate of drug-likeness (QED) is 0.325. The number of hydrogen-bond acceptors (Lipinski definition) is 6. The van der Waals surface area contributed by atoms with Gasteiger partial charge in [0.15, 0.2) is 0 Å². The Balaban J connectivity index is 1.67. The highest BCUT2D eigenvalue weighted by atomic mass is 32.2. The predicted molar refractivity (Wildman–Crippen MR) is 162 cm³/mol. The van der Waals surface area contributed by atoms with Gasteiger partial charge in [0.25, 0.3) is 10.0 Å². The normalized spacial score (nSPS) is 14.5. The van der Waals surface area contributed by atoms with E-state index in [9.17, 15) is 18.0 Å². The van der Waals surface area contributed by atoms with Gasteiger partial charge in [0.1, 0.15) is 24.1 Å². The van der Waals surface area contributed by atoms with Crippen LogP contribution >= 0.6 is 0 Å². The Bertz CT molecular complexity index is 1440. The Kier molecular flexibility index (Phi) is 10.5. The van der Waals surface area contributed by atoms with Crippen LogP contribution in [0.1, 0.15) is 44.6 Å². The van der Waals surface area contributed by atoms with Crippen molar-refractivity contribution in [1.82, 2.24) is 10.2 Å². The van der Waals surface area contributed by atoms with Crippen molar-refractivity contribution in [3.8, 4) is 11.5 Å². The van der Waals surface area contributed by atoms with Crippen molar-refractivity contribution in [2.24, 2.45) is 0 Å². The SMILES string of the molecule is COc1ccc(N(CC(=O)N(Cc2cccc(OC)c2)C(C)C(=O)NC2CCCCC2)S(=O)(=O)c2ccccc2)cc1. The second-order valence-corrected chi connectivity index (χ2v) is 12.3. The van der Waals surface area contributed by atoms with Crippen molar-refractivity contribution < 1.29 is 27.5 Å².